The first-order valence-corrected chi connectivity index (χ1v) is 11.4. The van der Waals surface area contributed by atoms with Gasteiger partial charge in [-0.1, -0.05) is 38.1 Å². The smallest absolute Gasteiger partial charge is 0.380 e. The Bertz CT molecular complexity index is 990. The summed E-state index contributed by atoms with van der Waals surface area (Å²) in [6.45, 7) is 5.61. The van der Waals surface area contributed by atoms with E-state index in [0.29, 0.717) is 31.6 Å². The molecule has 0 saturated carbocycles. The molecule has 1 fully saturated rings. The second-order valence-corrected chi connectivity index (χ2v) is 9.67. The van der Waals surface area contributed by atoms with Crippen molar-refractivity contribution in [3.8, 4) is 0 Å². The van der Waals surface area contributed by atoms with E-state index in [1.54, 1.807) is 6.07 Å². The SMILES string of the molecule is CN(C(=O)C1CCNCC1)C(c1ccc(N[C@H]2Cc3ccccc3C2(C)C)cn1)C(F)(F)F.Cl. The van der Waals surface area contributed by atoms with Gasteiger partial charge in [-0.15, -0.1) is 12.4 Å². The fourth-order valence-corrected chi connectivity index (χ4v) is 5.14. The third kappa shape index (κ3) is 5.18. The fourth-order valence-electron chi connectivity index (χ4n) is 5.14. The molecule has 1 aliphatic carbocycles. The first-order chi connectivity index (χ1) is 15.6. The molecule has 1 aromatic heterocycles. The zero-order valence-electron chi connectivity index (χ0n) is 19.7. The fraction of sp³-hybridized carbons (Fsp3) is 0.520. The third-order valence-corrected chi connectivity index (χ3v) is 7.15. The summed E-state index contributed by atoms with van der Waals surface area (Å²) < 4.78 is 42.0. The number of carbonyl (C=O) groups is 1. The van der Waals surface area contributed by atoms with Crippen LogP contribution in [-0.4, -0.2) is 48.1 Å². The largest absolute Gasteiger partial charge is 0.414 e. The first-order valence-electron chi connectivity index (χ1n) is 11.4. The Morgan fingerprint density at radius 1 is 1.18 bits per heavy atom. The maximum absolute atomic E-state index is 14.0. The number of alkyl halides is 3. The molecule has 1 unspecified atom stereocenters. The number of benzene rings is 1. The number of anilines is 1. The lowest BCUT2D eigenvalue weighted by Crippen LogP contribution is -2.45. The molecule has 0 radical (unpaired) electrons. The Labute approximate surface area is 204 Å². The van der Waals surface area contributed by atoms with Crippen LogP contribution in [0.1, 0.15) is 49.6 Å². The molecule has 0 spiro atoms. The Balaban J connectivity index is 0.00000324. The van der Waals surface area contributed by atoms with Gasteiger partial charge in [0.25, 0.3) is 0 Å². The van der Waals surface area contributed by atoms with Gasteiger partial charge in [-0.05, 0) is 55.6 Å². The number of rotatable bonds is 5. The van der Waals surface area contributed by atoms with E-state index in [1.807, 2.05) is 12.1 Å². The zero-order chi connectivity index (χ0) is 23.8. The molecule has 2 aromatic rings. The zero-order valence-corrected chi connectivity index (χ0v) is 20.5. The topological polar surface area (TPSA) is 57.3 Å². The predicted molar refractivity (Wildman–Crippen MR) is 129 cm³/mol. The van der Waals surface area contributed by atoms with E-state index >= 15 is 0 Å². The van der Waals surface area contributed by atoms with Crippen molar-refractivity contribution in [1.29, 1.82) is 0 Å². The lowest BCUT2D eigenvalue weighted by molar-refractivity contribution is -0.191. The lowest BCUT2D eigenvalue weighted by Gasteiger charge is -2.33. The van der Waals surface area contributed by atoms with Crippen molar-refractivity contribution in [3.63, 3.8) is 0 Å². The number of aromatic nitrogens is 1. The average molecular weight is 497 g/mol. The molecule has 186 valence electrons. The van der Waals surface area contributed by atoms with Crippen LogP contribution in [0.25, 0.3) is 0 Å². The number of carbonyl (C=O) groups excluding carboxylic acids is 1. The molecule has 1 aromatic carbocycles. The highest BCUT2D eigenvalue weighted by molar-refractivity contribution is 5.85. The molecular weight excluding hydrogens is 465 g/mol. The van der Waals surface area contributed by atoms with Crippen molar-refractivity contribution < 1.29 is 18.0 Å². The molecule has 9 heteroatoms. The summed E-state index contributed by atoms with van der Waals surface area (Å²) >= 11 is 0. The van der Waals surface area contributed by atoms with Gasteiger partial charge in [0.2, 0.25) is 5.91 Å². The number of hydrogen-bond donors (Lipinski definition) is 2. The molecule has 1 amide bonds. The molecule has 34 heavy (non-hydrogen) atoms. The van der Waals surface area contributed by atoms with Gasteiger partial charge in [0.05, 0.1) is 17.6 Å². The molecular formula is C25H32ClF3N4O. The number of amides is 1. The second kappa shape index (κ2) is 10.1. The molecule has 1 aliphatic heterocycles. The Morgan fingerprint density at radius 3 is 2.44 bits per heavy atom. The molecule has 2 heterocycles. The monoisotopic (exact) mass is 496 g/mol. The highest BCUT2D eigenvalue weighted by atomic mass is 35.5. The van der Waals surface area contributed by atoms with Gasteiger partial charge < -0.3 is 15.5 Å². The quantitative estimate of drug-likeness (QED) is 0.619. The maximum Gasteiger partial charge on any atom is 0.414 e. The van der Waals surface area contributed by atoms with E-state index in [9.17, 15) is 18.0 Å². The van der Waals surface area contributed by atoms with Crippen LogP contribution in [0.4, 0.5) is 18.9 Å². The van der Waals surface area contributed by atoms with Crippen LogP contribution in [0.2, 0.25) is 0 Å². The van der Waals surface area contributed by atoms with Crippen LogP contribution in [0.3, 0.4) is 0 Å². The van der Waals surface area contributed by atoms with Crippen molar-refractivity contribution in [1.82, 2.24) is 15.2 Å². The van der Waals surface area contributed by atoms with Crippen molar-refractivity contribution >= 4 is 24.0 Å². The predicted octanol–water partition coefficient (Wildman–Crippen LogP) is 4.88. The van der Waals surface area contributed by atoms with Gasteiger partial charge in [-0.2, -0.15) is 13.2 Å². The number of nitrogens with zero attached hydrogens (tertiary/aromatic N) is 2. The van der Waals surface area contributed by atoms with Crippen molar-refractivity contribution in [3.05, 3.63) is 59.4 Å². The van der Waals surface area contributed by atoms with Gasteiger partial charge in [-0.25, -0.2) is 0 Å². The van der Waals surface area contributed by atoms with E-state index in [0.717, 1.165) is 11.3 Å². The van der Waals surface area contributed by atoms with E-state index in [2.05, 4.69) is 41.6 Å². The van der Waals surface area contributed by atoms with Crippen LogP contribution < -0.4 is 10.6 Å². The van der Waals surface area contributed by atoms with Gasteiger partial charge >= 0.3 is 6.18 Å². The summed E-state index contributed by atoms with van der Waals surface area (Å²) in [6.07, 6.45) is -1.25. The number of piperidine rings is 1. The molecule has 0 bridgehead atoms. The number of pyridine rings is 1. The van der Waals surface area contributed by atoms with Gasteiger partial charge in [0.1, 0.15) is 0 Å². The summed E-state index contributed by atoms with van der Waals surface area (Å²) in [6, 6.07) is 9.33. The summed E-state index contributed by atoms with van der Waals surface area (Å²) in [5, 5.41) is 6.59. The van der Waals surface area contributed by atoms with E-state index in [4.69, 9.17) is 0 Å². The van der Waals surface area contributed by atoms with Crippen LogP contribution in [-0.2, 0) is 16.6 Å². The van der Waals surface area contributed by atoms with Crippen LogP contribution >= 0.6 is 12.4 Å². The molecule has 5 nitrogen and oxygen atoms in total. The highest BCUT2D eigenvalue weighted by Gasteiger charge is 2.47. The van der Waals surface area contributed by atoms with E-state index < -0.39 is 24.0 Å². The number of hydrogen-bond acceptors (Lipinski definition) is 4. The summed E-state index contributed by atoms with van der Waals surface area (Å²) in [5.41, 5.74) is 2.93. The van der Waals surface area contributed by atoms with Crippen molar-refractivity contribution in [2.45, 2.75) is 56.8 Å². The molecule has 2 atom stereocenters. The average Bonchev–Trinajstić information content (AvgIpc) is 3.04. The van der Waals surface area contributed by atoms with Crippen LogP contribution in [0.5, 0.6) is 0 Å². The van der Waals surface area contributed by atoms with Gasteiger partial charge in [-0.3, -0.25) is 9.78 Å². The normalized spacial score (nSPS) is 20.7. The highest BCUT2D eigenvalue weighted by Crippen LogP contribution is 2.41. The van der Waals surface area contributed by atoms with Gasteiger partial charge in [0.15, 0.2) is 6.04 Å². The summed E-state index contributed by atoms with van der Waals surface area (Å²) in [5.74, 6) is -0.874. The Kier molecular flexibility index (Phi) is 7.82. The van der Waals surface area contributed by atoms with Crippen molar-refractivity contribution in [2.24, 2.45) is 5.92 Å². The van der Waals surface area contributed by atoms with E-state index in [1.165, 1.54) is 30.4 Å². The minimum absolute atomic E-state index is 0. The summed E-state index contributed by atoms with van der Waals surface area (Å²) in [4.78, 5) is 17.8. The van der Waals surface area contributed by atoms with Crippen LogP contribution in [0, 0.1) is 5.92 Å². The van der Waals surface area contributed by atoms with Crippen LogP contribution in [0.15, 0.2) is 42.6 Å². The molecule has 1 saturated heterocycles. The number of nitrogens with one attached hydrogen (secondary N) is 2. The maximum atomic E-state index is 14.0. The van der Waals surface area contributed by atoms with Gasteiger partial charge in [0, 0.05) is 24.4 Å². The molecule has 4 rings (SSSR count). The second-order valence-electron chi connectivity index (χ2n) is 9.67. The Hall–Kier alpha value is -2.32. The molecule has 2 aliphatic rings. The first kappa shape index (κ1) is 26.3. The number of fused-ring (bicyclic) bond motifs is 1. The Morgan fingerprint density at radius 2 is 1.85 bits per heavy atom. The third-order valence-electron chi connectivity index (χ3n) is 7.15. The minimum atomic E-state index is -4.62. The van der Waals surface area contributed by atoms with Crippen molar-refractivity contribution in [2.75, 3.05) is 25.5 Å². The lowest BCUT2D eigenvalue weighted by atomic mass is 9.83. The molecule has 2 N–H and O–H groups in total. The standard InChI is InChI=1S/C25H31F3N4O.ClH/c1-24(2)19-7-5-4-6-17(19)14-21(24)31-18-8-9-20(30-15-18)22(25(26,27)28)32(3)23(33)16-10-12-29-13-11-16;/h4-9,15-16,21-22,29,31H,10-14H2,1-3H3;1H/t21-,22?;/m0./s1. The number of halogens is 4. The summed E-state index contributed by atoms with van der Waals surface area (Å²) in [7, 11) is 1.23. The van der Waals surface area contributed by atoms with E-state index in [-0.39, 0.29) is 29.6 Å². The minimum Gasteiger partial charge on any atom is -0.380 e.